The molecule has 0 aliphatic carbocycles. The number of nitrogens with zero attached hydrogens (tertiary/aromatic N) is 2. The van der Waals surface area contributed by atoms with Crippen molar-refractivity contribution in [3.8, 4) is 11.5 Å². The number of rotatable bonds is 6. The predicted molar refractivity (Wildman–Crippen MR) is 78.0 cm³/mol. The van der Waals surface area contributed by atoms with Gasteiger partial charge in [-0.3, -0.25) is 0 Å². The highest BCUT2D eigenvalue weighted by molar-refractivity contribution is 5.42. The molecule has 0 spiro atoms. The van der Waals surface area contributed by atoms with E-state index < -0.39 is 0 Å². The first kappa shape index (κ1) is 14.4. The van der Waals surface area contributed by atoms with Crippen LogP contribution in [0.4, 0.5) is 0 Å². The van der Waals surface area contributed by atoms with E-state index in [-0.39, 0.29) is 6.04 Å². The lowest BCUT2D eigenvalue weighted by atomic mass is 10.2. The number of aromatic nitrogens is 2. The minimum Gasteiger partial charge on any atom is -0.493 e. The van der Waals surface area contributed by atoms with E-state index in [2.05, 4.69) is 17.2 Å². The van der Waals surface area contributed by atoms with Gasteiger partial charge < -0.3 is 19.4 Å². The molecule has 20 heavy (non-hydrogen) atoms. The zero-order chi connectivity index (χ0) is 14.5. The summed E-state index contributed by atoms with van der Waals surface area (Å²) in [6.45, 7) is 2.84. The molecule has 5 nitrogen and oxygen atoms in total. The average Bonchev–Trinajstić information content (AvgIpc) is 2.90. The Hall–Kier alpha value is -2.01. The van der Waals surface area contributed by atoms with Crippen LogP contribution in [-0.4, -0.2) is 23.8 Å². The van der Waals surface area contributed by atoms with Crippen LogP contribution in [0.3, 0.4) is 0 Å². The van der Waals surface area contributed by atoms with Crippen molar-refractivity contribution >= 4 is 0 Å². The van der Waals surface area contributed by atoms with Crippen LogP contribution in [0.25, 0.3) is 0 Å². The van der Waals surface area contributed by atoms with Crippen molar-refractivity contribution in [2.45, 2.75) is 19.5 Å². The maximum atomic E-state index is 5.31. The Balaban J connectivity index is 2.02. The summed E-state index contributed by atoms with van der Waals surface area (Å²) in [5.41, 5.74) is 1.14. The van der Waals surface area contributed by atoms with Crippen LogP contribution in [0, 0.1) is 0 Å². The van der Waals surface area contributed by atoms with Crippen molar-refractivity contribution in [3.63, 3.8) is 0 Å². The molecule has 1 N–H and O–H groups in total. The van der Waals surface area contributed by atoms with Crippen LogP contribution in [0.5, 0.6) is 11.5 Å². The maximum Gasteiger partial charge on any atom is 0.161 e. The quantitative estimate of drug-likeness (QED) is 0.878. The Morgan fingerprint density at radius 2 is 2.00 bits per heavy atom. The van der Waals surface area contributed by atoms with Gasteiger partial charge in [0, 0.05) is 26.0 Å². The molecule has 0 radical (unpaired) electrons. The number of imidazole rings is 1. The molecule has 0 amide bonds. The number of aryl methyl sites for hydroxylation is 1. The molecule has 1 heterocycles. The van der Waals surface area contributed by atoms with E-state index in [1.165, 1.54) is 0 Å². The summed E-state index contributed by atoms with van der Waals surface area (Å²) in [6, 6.07) is 6.11. The lowest BCUT2D eigenvalue weighted by molar-refractivity contribution is 0.354. The molecule has 0 aliphatic heterocycles. The smallest absolute Gasteiger partial charge is 0.161 e. The standard InChI is InChI=1S/C15H21N3O2/c1-11(15-16-7-8-18(15)2)17-10-12-5-6-13(19-3)14(9-12)20-4/h5-9,11,17H,10H2,1-4H3. The zero-order valence-electron chi connectivity index (χ0n) is 12.4. The fourth-order valence-corrected chi connectivity index (χ4v) is 2.15. The van der Waals surface area contributed by atoms with E-state index in [4.69, 9.17) is 9.47 Å². The molecule has 0 fully saturated rings. The van der Waals surface area contributed by atoms with Gasteiger partial charge in [0.25, 0.3) is 0 Å². The van der Waals surface area contributed by atoms with E-state index in [1.54, 1.807) is 14.2 Å². The monoisotopic (exact) mass is 275 g/mol. The highest BCUT2D eigenvalue weighted by atomic mass is 16.5. The van der Waals surface area contributed by atoms with Gasteiger partial charge in [-0.05, 0) is 24.6 Å². The third-order valence-electron chi connectivity index (χ3n) is 3.31. The first-order valence-corrected chi connectivity index (χ1v) is 6.57. The van der Waals surface area contributed by atoms with Crippen molar-refractivity contribution < 1.29 is 9.47 Å². The maximum absolute atomic E-state index is 5.31. The SMILES string of the molecule is COc1ccc(CNC(C)c2nccn2C)cc1OC. The fraction of sp³-hybridized carbons (Fsp3) is 0.400. The Bertz CT molecular complexity index is 566. The minimum atomic E-state index is 0.183. The number of hydrogen-bond acceptors (Lipinski definition) is 4. The second-order valence-corrected chi connectivity index (χ2v) is 4.69. The number of benzene rings is 1. The van der Waals surface area contributed by atoms with Crippen LogP contribution < -0.4 is 14.8 Å². The fourth-order valence-electron chi connectivity index (χ4n) is 2.15. The Labute approximate surface area is 119 Å². The van der Waals surface area contributed by atoms with Crippen LogP contribution in [0.15, 0.2) is 30.6 Å². The zero-order valence-corrected chi connectivity index (χ0v) is 12.4. The van der Waals surface area contributed by atoms with Crippen LogP contribution in [0.1, 0.15) is 24.4 Å². The lowest BCUT2D eigenvalue weighted by Crippen LogP contribution is -2.21. The van der Waals surface area contributed by atoms with Gasteiger partial charge in [-0.1, -0.05) is 6.07 Å². The highest BCUT2D eigenvalue weighted by Gasteiger charge is 2.10. The van der Waals surface area contributed by atoms with Crippen molar-refractivity contribution in [3.05, 3.63) is 42.0 Å². The summed E-state index contributed by atoms with van der Waals surface area (Å²) < 4.78 is 12.6. The third-order valence-corrected chi connectivity index (χ3v) is 3.31. The number of methoxy groups -OCH3 is 2. The van der Waals surface area contributed by atoms with Gasteiger partial charge in [0.2, 0.25) is 0 Å². The Morgan fingerprint density at radius 3 is 2.60 bits per heavy atom. The average molecular weight is 275 g/mol. The van der Waals surface area contributed by atoms with Gasteiger partial charge in [-0.25, -0.2) is 4.98 Å². The molecule has 1 aromatic carbocycles. The summed E-state index contributed by atoms with van der Waals surface area (Å²) in [5.74, 6) is 2.51. The number of ether oxygens (including phenoxy) is 2. The summed E-state index contributed by atoms with van der Waals surface area (Å²) in [7, 11) is 5.28. The Morgan fingerprint density at radius 1 is 1.25 bits per heavy atom. The molecule has 1 atom stereocenters. The minimum absolute atomic E-state index is 0.183. The molecule has 1 unspecified atom stereocenters. The van der Waals surface area contributed by atoms with E-state index in [0.29, 0.717) is 0 Å². The predicted octanol–water partition coefficient (Wildman–Crippen LogP) is 2.29. The van der Waals surface area contributed by atoms with Crippen molar-refractivity contribution in [1.29, 1.82) is 0 Å². The van der Waals surface area contributed by atoms with E-state index in [9.17, 15) is 0 Å². The molecule has 0 bridgehead atoms. The van der Waals surface area contributed by atoms with Gasteiger partial charge in [-0.2, -0.15) is 0 Å². The normalized spacial score (nSPS) is 12.2. The molecule has 0 aliphatic rings. The third kappa shape index (κ3) is 3.11. The second kappa shape index (κ2) is 6.43. The molecule has 5 heteroatoms. The molecule has 2 aromatic rings. The van der Waals surface area contributed by atoms with Crippen molar-refractivity contribution in [1.82, 2.24) is 14.9 Å². The van der Waals surface area contributed by atoms with Crippen molar-refractivity contribution in [2.75, 3.05) is 14.2 Å². The van der Waals surface area contributed by atoms with Gasteiger partial charge in [-0.15, -0.1) is 0 Å². The van der Waals surface area contributed by atoms with Gasteiger partial charge in [0.05, 0.1) is 20.3 Å². The first-order valence-electron chi connectivity index (χ1n) is 6.57. The molecule has 0 saturated heterocycles. The van der Waals surface area contributed by atoms with E-state index in [1.807, 2.05) is 42.2 Å². The summed E-state index contributed by atoms with van der Waals surface area (Å²) in [4.78, 5) is 4.34. The first-order chi connectivity index (χ1) is 9.65. The van der Waals surface area contributed by atoms with Crippen LogP contribution in [-0.2, 0) is 13.6 Å². The molecule has 2 rings (SSSR count). The molecule has 108 valence electrons. The summed E-state index contributed by atoms with van der Waals surface area (Å²) in [5, 5.41) is 3.45. The molecular formula is C15H21N3O2. The van der Waals surface area contributed by atoms with Gasteiger partial charge >= 0.3 is 0 Å². The van der Waals surface area contributed by atoms with Gasteiger partial charge in [0.15, 0.2) is 11.5 Å². The van der Waals surface area contributed by atoms with E-state index in [0.717, 1.165) is 29.4 Å². The van der Waals surface area contributed by atoms with Crippen molar-refractivity contribution in [2.24, 2.45) is 7.05 Å². The molecule has 0 saturated carbocycles. The number of nitrogens with one attached hydrogen (secondary N) is 1. The highest BCUT2D eigenvalue weighted by Crippen LogP contribution is 2.27. The largest absolute Gasteiger partial charge is 0.493 e. The van der Waals surface area contributed by atoms with Crippen LogP contribution >= 0.6 is 0 Å². The summed E-state index contributed by atoms with van der Waals surface area (Å²) in [6.07, 6.45) is 3.76. The van der Waals surface area contributed by atoms with Gasteiger partial charge in [0.1, 0.15) is 5.82 Å². The Kier molecular flexibility index (Phi) is 4.63. The lowest BCUT2D eigenvalue weighted by Gasteiger charge is -2.15. The molecule has 1 aromatic heterocycles. The van der Waals surface area contributed by atoms with Crippen LogP contribution in [0.2, 0.25) is 0 Å². The molecular weight excluding hydrogens is 254 g/mol. The van der Waals surface area contributed by atoms with E-state index >= 15 is 0 Å². The topological polar surface area (TPSA) is 48.3 Å². The second-order valence-electron chi connectivity index (χ2n) is 4.69. The number of hydrogen-bond donors (Lipinski definition) is 1. The summed E-state index contributed by atoms with van der Waals surface area (Å²) >= 11 is 0.